The van der Waals surface area contributed by atoms with E-state index in [-0.39, 0.29) is 23.1 Å². The Labute approximate surface area is 96.1 Å². The summed E-state index contributed by atoms with van der Waals surface area (Å²) in [6, 6.07) is 18.2. The molecule has 0 amide bonds. The zero-order valence-corrected chi connectivity index (χ0v) is 9.31. The average Bonchev–Trinajstić information content (AvgIpc) is 2.82. The number of nitrogens with two attached hydrogens (primary N) is 1. The van der Waals surface area contributed by atoms with Gasteiger partial charge in [0.2, 0.25) is 0 Å². The molecular formula is C12H15FeN. The van der Waals surface area contributed by atoms with Crippen molar-refractivity contribution in [3.8, 4) is 0 Å². The monoisotopic (exact) mass is 229 g/mol. The van der Waals surface area contributed by atoms with Gasteiger partial charge in [-0.3, -0.25) is 0 Å². The molecule has 2 N–H and O–H groups in total. The first-order valence-electron chi connectivity index (χ1n) is 4.44. The van der Waals surface area contributed by atoms with Crippen molar-refractivity contribution in [2.75, 3.05) is 0 Å². The van der Waals surface area contributed by atoms with E-state index < -0.39 is 0 Å². The van der Waals surface area contributed by atoms with Crippen LogP contribution in [0.1, 0.15) is 18.5 Å². The minimum atomic E-state index is 0. The van der Waals surface area contributed by atoms with Crippen LogP contribution in [0.4, 0.5) is 0 Å². The molecule has 0 radical (unpaired) electrons. The van der Waals surface area contributed by atoms with Gasteiger partial charge in [-0.15, -0.1) is 5.56 Å². The first-order chi connectivity index (χ1) is 6.30. The van der Waals surface area contributed by atoms with Crippen LogP contribution in [0.2, 0.25) is 0 Å². The van der Waals surface area contributed by atoms with Crippen molar-refractivity contribution >= 4 is 0 Å². The van der Waals surface area contributed by atoms with Gasteiger partial charge in [-0.05, 0) is 6.04 Å². The average molecular weight is 229 g/mol. The standard InChI is InChI=1S/C7H10N.C5H5.Fe/c1-6(8)7-4-2-3-5-7;1-2-4-5-3-1;/h2-6H,8H2,1H3;1-5H;/q2*-1;+2/t6-;;/m1../s1. The minimum Gasteiger partial charge on any atom is -0.335 e. The van der Waals surface area contributed by atoms with Gasteiger partial charge in [0.15, 0.2) is 0 Å². The normalized spacial score (nSPS) is 10.7. The molecule has 0 aliphatic heterocycles. The summed E-state index contributed by atoms with van der Waals surface area (Å²) in [7, 11) is 0. The summed E-state index contributed by atoms with van der Waals surface area (Å²) in [6.45, 7) is 1.98. The second kappa shape index (κ2) is 7.57. The van der Waals surface area contributed by atoms with Gasteiger partial charge >= 0.3 is 17.1 Å². The maximum atomic E-state index is 5.56. The molecule has 2 heteroatoms. The molecular weight excluding hydrogens is 214 g/mol. The zero-order chi connectivity index (χ0) is 9.52. The van der Waals surface area contributed by atoms with Crippen LogP contribution in [-0.4, -0.2) is 0 Å². The molecule has 0 aliphatic carbocycles. The summed E-state index contributed by atoms with van der Waals surface area (Å²) in [4.78, 5) is 0. The van der Waals surface area contributed by atoms with Crippen molar-refractivity contribution in [2.24, 2.45) is 5.73 Å². The second-order valence-corrected chi connectivity index (χ2v) is 2.97. The van der Waals surface area contributed by atoms with E-state index in [1.165, 1.54) is 5.56 Å². The number of hydrogen-bond donors (Lipinski definition) is 1. The van der Waals surface area contributed by atoms with Crippen molar-refractivity contribution in [2.45, 2.75) is 13.0 Å². The third-order valence-electron chi connectivity index (χ3n) is 1.77. The Hall–Kier alpha value is -0.821. The molecule has 0 heterocycles. The Morgan fingerprint density at radius 2 is 1.57 bits per heavy atom. The first kappa shape index (κ1) is 13.2. The van der Waals surface area contributed by atoms with E-state index in [9.17, 15) is 0 Å². The molecule has 0 aliphatic rings. The SMILES string of the molecule is C[C@@H](N)[c-]1cccc1.[Fe+2].c1cc[cH-]c1. The molecule has 2 aromatic rings. The van der Waals surface area contributed by atoms with Crippen LogP contribution in [-0.2, 0) is 17.1 Å². The van der Waals surface area contributed by atoms with Gasteiger partial charge in [0.25, 0.3) is 0 Å². The fraction of sp³-hybridized carbons (Fsp3) is 0.167. The maximum absolute atomic E-state index is 5.56. The van der Waals surface area contributed by atoms with Crippen molar-refractivity contribution in [1.82, 2.24) is 0 Å². The van der Waals surface area contributed by atoms with Gasteiger partial charge in [-0.25, -0.2) is 24.3 Å². The van der Waals surface area contributed by atoms with Crippen LogP contribution in [0.5, 0.6) is 0 Å². The fourth-order valence-corrected chi connectivity index (χ4v) is 1.01. The summed E-state index contributed by atoms with van der Waals surface area (Å²) in [5.74, 6) is 0. The summed E-state index contributed by atoms with van der Waals surface area (Å²) >= 11 is 0. The molecule has 0 bridgehead atoms. The molecule has 0 saturated carbocycles. The largest absolute Gasteiger partial charge is 2.00 e. The molecule has 1 atom stereocenters. The van der Waals surface area contributed by atoms with Crippen LogP contribution in [0.15, 0.2) is 54.6 Å². The van der Waals surface area contributed by atoms with Crippen LogP contribution in [0, 0.1) is 0 Å². The molecule has 0 unspecified atom stereocenters. The maximum Gasteiger partial charge on any atom is 2.00 e. The second-order valence-electron chi connectivity index (χ2n) is 2.97. The van der Waals surface area contributed by atoms with E-state index >= 15 is 0 Å². The van der Waals surface area contributed by atoms with Crippen molar-refractivity contribution in [1.29, 1.82) is 0 Å². The quantitative estimate of drug-likeness (QED) is 0.590. The Bertz CT molecular complexity index is 265. The number of hydrogen-bond acceptors (Lipinski definition) is 1. The summed E-state index contributed by atoms with van der Waals surface area (Å²) in [6.07, 6.45) is 0. The van der Waals surface area contributed by atoms with Gasteiger partial charge in [0.1, 0.15) is 0 Å². The summed E-state index contributed by atoms with van der Waals surface area (Å²) in [5, 5.41) is 0. The van der Waals surface area contributed by atoms with E-state index in [1.807, 2.05) is 61.5 Å². The first-order valence-corrected chi connectivity index (χ1v) is 4.44. The molecule has 0 saturated heterocycles. The molecule has 2 aromatic carbocycles. The summed E-state index contributed by atoms with van der Waals surface area (Å²) in [5.41, 5.74) is 6.77. The molecule has 14 heavy (non-hydrogen) atoms. The van der Waals surface area contributed by atoms with Gasteiger partial charge in [-0.2, -0.15) is 30.3 Å². The van der Waals surface area contributed by atoms with Crippen molar-refractivity contribution in [3.63, 3.8) is 0 Å². The Morgan fingerprint density at radius 3 is 1.79 bits per heavy atom. The van der Waals surface area contributed by atoms with Crippen LogP contribution in [0.3, 0.4) is 0 Å². The van der Waals surface area contributed by atoms with E-state index in [4.69, 9.17) is 5.73 Å². The predicted octanol–water partition coefficient (Wildman–Crippen LogP) is 2.83. The molecule has 0 fully saturated rings. The smallest absolute Gasteiger partial charge is 0.335 e. The Morgan fingerprint density at radius 1 is 1.07 bits per heavy atom. The van der Waals surface area contributed by atoms with E-state index in [1.54, 1.807) is 0 Å². The molecule has 0 spiro atoms. The van der Waals surface area contributed by atoms with Gasteiger partial charge in [0.05, 0.1) is 0 Å². The van der Waals surface area contributed by atoms with Gasteiger partial charge < -0.3 is 5.73 Å². The fourth-order valence-electron chi connectivity index (χ4n) is 1.01. The molecule has 1 nitrogen and oxygen atoms in total. The molecule has 76 valence electrons. The van der Waals surface area contributed by atoms with Crippen molar-refractivity contribution in [3.05, 3.63) is 60.2 Å². The van der Waals surface area contributed by atoms with Gasteiger partial charge in [-0.1, -0.05) is 6.92 Å². The number of rotatable bonds is 1. The predicted molar refractivity (Wildman–Crippen MR) is 56.7 cm³/mol. The zero-order valence-electron chi connectivity index (χ0n) is 8.20. The molecule has 0 aromatic heterocycles. The van der Waals surface area contributed by atoms with Crippen LogP contribution < -0.4 is 5.73 Å². The Kier molecular flexibility index (Phi) is 7.13. The van der Waals surface area contributed by atoms with Crippen molar-refractivity contribution < 1.29 is 17.1 Å². The topological polar surface area (TPSA) is 26.0 Å². The van der Waals surface area contributed by atoms with E-state index in [2.05, 4.69) is 0 Å². The van der Waals surface area contributed by atoms with E-state index in [0.29, 0.717) is 0 Å². The third-order valence-corrected chi connectivity index (χ3v) is 1.77. The minimum absolute atomic E-state index is 0. The van der Waals surface area contributed by atoms with Crippen LogP contribution >= 0.6 is 0 Å². The Balaban J connectivity index is 0.000000246. The summed E-state index contributed by atoms with van der Waals surface area (Å²) < 4.78 is 0. The molecule has 2 rings (SSSR count). The third kappa shape index (κ3) is 5.03. The van der Waals surface area contributed by atoms with E-state index in [0.717, 1.165) is 0 Å². The van der Waals surface area contributed by atoms with Crippen LogP contribution in [0.25, 0.3) is 0 Å². The van der Waals surface area contributed by atoms with Gasteiger partial charge in [0, 0.05) is 0 Å².